The number of carbonyl (C=O) groups excluding carboxylic acids is 1. The van der Waals surface area contributed by atoms with Gasteiger partial charge >= 0.3 is 6.18 Å². The first-order valence-corrected chi connectivity index (χ1v) is 13.3. The molecule has 0 spiro atoms. The van der Waals surface area contributed by atoms with Crippen LogP contribution in [0.1, 0.15) is 15.9 Å². The molecule has 1 aliphatic rings. The lowest BCUT2D eigenvalue weighted by Gasteiger charge is -2.28. The second-order valence-electron chi connectivity index (χ2n) is 8.53. The summed E-state index contributed by atoms with van der Waals surface area (Å²) in [4.78, 5) is 20.8. The molecule has 9 nitrogen and oxygen atoms in total. The number of nitrogens with zero attached hydrogens (tertiary/aromatic N) is 2. The summed E-state index contributed by atoms with van der Waals surface area (Å²) in [7, 11) is -3.42. The molecule has 202 valence electrons. The van der Waals surface area contributed by atoms with Gasteiger partial charge in [0, 0.05) is 42.3 Å². The number of carbonyl (C=O) groups is 1. The Labute approximate surface area is 216 Å². The lowest BCUT2D eigenvalue weighted by molar-refractivity contribution is -0.175. The molecule has 1 aromatic carbocycles. The van der Waals surface area contributed by atoms with E-state index >= 15 is 0 Å². The molecule has 13 heteroatoms. The van der Waals surface area contributed by atoms with E-state index in [4.69, 9.17) is 9.47 Å². The number of halogens is 3. The van der Waals surface area contributed by atoms with E-state index in [2.05, 4.69) is 20.0 Å². The maximum atomic E-state index is 12.8. The number of aromatic nitrogens is 2. The molecule has 0 radical (unpaired) electrons. The van der Waals surface area contributed by atoms with Crippen LogP contribution in [-0.2, 0) is 21.0 Å². The van der Waals surface area contributed by atoms with Crippen LogP contribution in [0.2, 0.25) is 0 Å². The van der Waals surface area contributed by atoms with Gasteiger partial charge in [0.1, 0.15) is 25.6 Å². The maximum Gasteiger partial charge on any atom is 0.411 e. The van der Waals surface area contributed by atoms with Gasteiger partial charge in [-0.05, 0) is 29.8 Å². The average Bonchev–Trinajstić information content (AvgIpc) is 2.87. The summed E-state index contributed by atoms with van der Waals surface area (Å²) in [5.41, 5.74) is 2.66. The highest BCUT2D eigenvalue weighted by atomic mass is 32.2. The van der Waals surface area contributed by atoms with Gasteiger partial charge in [0.25, 0.3) is 5.91 Å². The highest BCUT2D eigenvalue weighted by molar-refractivity contribution is 7.90. The van der Waals surface area contributed by atoms with Gasteiger partial charge in [0.05, 0.1) is 18.2 Å². The zero-order valence-electron chi connectivity index (χ0n) is 20.2. The lowest BCUT2D eigenvalue weighted by atomic mass is 9.93. The third-order valence-corrected chi connectivity index (χ3v) is 6.53. The molecule has 2 aromatic heterocycles. The monoisotopic (exact) mass is 551 g/mol. The second kappa shape index (κ2) is 11.4. The number of pyridine rings is 2. The van der Waals surface area contributed by atoms with Crippen LogP contribution in [0.25, 0.3) is 11.1 Å². The Kier molecular flexibility index (Phi) is 8.17. The minimum Gasteiger partial charge on any atom is -0.491 e. The zero-order chi connectivity index (χ0) is 27.3. The highest BCUT2D eigenvalue weighted by Crippen LogP contribution is 2.34. The van der Waals surface area contributed by atoms with Crippen LogP contribution in [0, 0.1) is 0 Å². The molecule has 0 aliphatic carbocycles. The maximum absolute atomic E-state index is 12.8. The van der Waals surface area contributed by atoms with Crippen molar-refractivity contribution in [1.29, 1.82) is 0 Å². The van der Waals surface area contributed by atoms with Crippen LogP contribution in [0.15, 0.2) is 59.9 Å². The predicted octanol–water partition coefficient (Wildman–Crippen LogP) is 3.24. The highest BCUT2D eigenvalue weighted by Gasteiger charge is 2.27. The quantitative estimate of drug-likeness (QED) is 0.403. The van der Waals surface area contributed by atoms with Crippen molar-refractivity contribution in [1.82, 2.24) is 15.3 Å². The van der Waals surface area contributed by atoms with Gasteiger partial charge in [-0.15, -0.1) is 0 Å². The van der Waals surface area contributed by atoms with E-state index in [-0.39, 0.29) is 48.2 Å². The number of hydrogen-bond acceptors (Lipinski definition) is 8. The van der Waals surface area contributed by atoms with Gasteiger partial charge < -0.3 is 19.5 Å². The molecule has 1 atom stereocenters. The van der Waals surface area contributed by atoms with Crippen molar-refractivity contribution in [3.05, 3.63) is 66.0 Å². The molecular weight excluding hydrogens is 527 g/mol. The van der Waals surface area contributed by atoms with Crippen molar-refractivity contribution in [2.24, 2.45) is 0 Å². The van der Waals surface area contributed by atoms with E-state index < -0.39 is 22.6 Å². The average molecular weight is 552 g/mol. The Bertz CT molecular complexity index is 1380. The normalized spacial score (nSPS) is 15.3. The number of fused-ring (bicyclic) bond motifs is 1. The molecule has 1 aliphatic heterocycles. The fraction of sp³-hybridized carbons (Fsp3) is 0.320. The number of sulfone groups is 1. The Hall–Kier alpha value is -3.71. The summed E-state index contributed by atoms with van der Waals surface area (Å²) in [6.45, 7) is -1.49. The molecule has 0 fully saturated rings. The molecule has 3 aromatic rings. The summed E-state index contributed by atoms with van der Waals surface area (Å²) >= 11 is 0. The van der Waals surface area contributed by atoms with E-state index in [1.165, 1.54) is 30.6 Å². The first-order valence-electron chi connectivity index (χ1n) is 11.4. The molecule has 38 heavy (non-hydrogen) atoms. The first-order chi connectivity index (χ1) is 18.0. The topological polar surface area (TPSA) is 117 Å². The Morgan fingerprint density at radius 3 is 2.58 bits per heavy atom. The molecular formula is C25H24F3N3O6S. The van der Waals surface area contributed by atoms with Crippen LogP contribution in [0.4, 0.5) is 13.2 Å². The fourth-order valence-corrected chi connectivity index (χ4v) is 4.35. The minimum atomic E-state index is -4.40. The van der Waals surface area contributed by atoms with Crippen LogP contribution in [0.3, 0.4) is 0 Å². The molecule has 3 heterocycles. The Balaban J connectivity index is 1.36. The van der Waals surface area contributed by atoms with Crippen molar-refractivity contribution in [2.45, 2.75) is 23.7 Å². The lowest BCUT2D eigenvalue weighted by Crippen LogP contribution is -2.42. The van der Waals surface area contributed by atoms with Gasteiger partial charge in [0.2, 0.25) is 5.88 Å². The molecule has 1 N–H and O–H groups in total. The zero-order valence-corrected chi connectivity index (χ0v) is 21.0. The molecule has 0 bridgehead atoms. The van der Waals surface area contributed by atoms with E-state index in [1.54, 1.807) is 6.07 Å². The summed E-state index contributed by atoms with van der Waals surface area (Å²) in [6, 6.07) is 11.2. The van der Waals surface area contributed by atoms with Crippen molar-refractivity contribution in [2.75, 3.05) is 32.7 Å². The second-order valence-corrected chi connectivity index (χ2v) is 10.5. The summed E-state index contributed by atoms with van der Waals surface area (Å²) < 4.78 is 75.2. The van der Waals surface area contributed by atoms with Crippen LogP contribution < -0.4 is 14.8 Å². The van der Waals surface area contributed by atoms with Gasteiger partial charge in [-0.25, -0.2) is 18.4 Å². The van der Waals surface area contributed by atoms with Gasteiger partial charge in [-0.1, -0.05) is 12.1 Å². The van der Waals surface area contributed by atoms with Crippen molar-refractivity contribution < 1.29 is 40.6 Å². The number of alkyl halides is 3. The summed E-state index contributed by atoms with van der Waals surface area (Å²) in [5.74, 6) is 0.432. The molecule has 4 rings (SSSR count). The van der Waals surface area contributed by atoms with Crippen LogP contribution >= 0.6 is 0 Å². The SMILES string of the molecule is CS(=O)(=O)c1ccc(-c2cccc3c2C[C@H](NC(=O)c2ccc(OCCOCC(F)(F)F)nc2)CO3)cn1. The standard InChI is InChI=1S/C25H24F3N3O6S/c1-38(33,34)23-8-6-16(12-30-23)19-3-2-4-21-20(19)11-18(14-37-21)31-24(32)17-5-7-22(29-13-17)36-10-9-35-15-25(26,27)28/h2-8,12-13,18H,9-11,14-15H2,1H3,(H,31,32)/t18-/m0/s1. The van der Waals surface area contributed by atoms with E-state index in [0.717, 1.165) is 17.4 Å². The number of nitrogens with one attached hydrogen (secondary N) is 1. The van der Waals surface area contributed by atoms with Crippen molar-refractivity contribution >= 4 is 15.7 Å². The molecule has 0 saturated heterocycles. The largest absolute Gasteiger partial charge is 0.491 e. The van der Waals surface area contributed by atoms with E-state index in [9.17, 15) is 26.4 Å². The van der Waals surface area contributed by atoms with Gasteiger partial charge in [-0.2, -0.15) is 13.2 Å². The smallest absolute Gasteiger partial charge is 0.411 e. The van der Waals surface area contributed by atoms with Crippen LogP contribution in [-0.4, -0.2) is 69.2 Å². The number of amides is 1. The Morgan fingerprint density at radius 2 is 1.92 bits per heavy atom. The molecule has 0 saturated carbocycles. The van der Waals surface area contributed by atoms with Crippen LogP contribution in [0.5, 0.6) is 11.6 Å². The molecule has 0 unspecified atom stereocenters. The minimum absolute atomic E-state index is 0.0211. The summed E-state index contributed by atoms with van der Waals surface area (Å²) in [5, 5.41) is 2.89. The third-order valence-electron chi connectivity index (χ3n) is 5.53. The first kappa shape index (κ1) is 27.3. The van der Waals surface area contributed by atoms with E-state index in [0.29, 0.717) is 17.7 Å². The van der Waals surface area contributed by atoms with Crippen molar-refractivity contribution in [3.63, 3.8) is 0 Å². The number of benzene rings is 1. The number of rotatable bonds is 9. The number of ether oxygens (including phenoxy) is 3. The predicted molar refractivity (Wildman–Crippen MR) is 130 cm³/mol. The van der Waals surface area contributed by atoms with E-state index in [1.807, 2.05) is 18.2 Å². The Morgan fingerprint density at radius 1 is 1.11 bits per heavy atom. The van der Waals surface area contributed by atoms with Gasteiger partial charge in [0.15, 0.2) is 14.9 Å². The fourth-order valence-electron chi connectivity index (χ4n) is 3.79. The van der Waals surface area contributed by atoms with Crippen molar-refractivity contribution in [3.8, 4) is 22.8 Å². The van der Waals surface area contributed by atoms with Gasteiger partial charge in [-0.3, -0.25) is 4.79 Å². The third kappa shape index (κ3) is 7.19. The number of hydrogen-bond donors (Lipinski definition) is 1. The molecule has 1 amide bonds. The summed E-state index contributed by atoms with van der Waals surface area (Å²) in [6.07, 6.45) is -0.0413.